The van der Waals surface area contributed by atoms with E-state index in [9.17, 15) is 4.79 Å². The first-order valence-corrected chi connectivity index (χ1v) is 5.79. The molecule has 1 aromatic carbocycles. The van der Waals surface area contributed by atoms with Crippen LogP contribution in [0.3, 0.4) is 0 Å². The van der Waals surface area contributed by atoms with Crippen molar-refractivity contribution in [2.45, 2.75) is 6.54 Å². The molecule has 94 valence electrons. The third-order valence-electron chi connectivity index (χ3n) is 2.58. The molecule has 0 fully saturated rings. The Kier molecular flexibility index (Phi) is 3.58. The SMILES string of the molecule is CN(Cc1ccco1)C(=O)c1cccc(N)c1Cl. The lowest BCUT2D eigenvalue weighted by Gasteiger charge is -2.17. The van der Waals surface area contributed by atoms with Crippen LogP contribution in [0.2, 0.25) is 5.02 Å². The van der Waals surface area contributed by atoms with Crippen molar-refractivity contribution < 1.29 is 9.21 Å². The first kappa shape index (κ1) is 12.5. The van der Waals surface area contributed by atoms with Crippen LogP contribution in [-0.4, -0.2) is 17.9 Å². The number of hydrogen-bond donors (Lipinski definition) is 1. The molecular formula is C13H13ClN2O2. The lowest BCUT2D eigenvalue weighted by atomic mass is 10.1. The number of nitrogens with zero attached hydrogens (tertiary/aromatic N) is 1. The van der Waals surface area contributed by atoms with Gasteiger partial charge in [-0.1, -0.05) is 17.7 Å². The average Bonchev–Trinajstić information content (AvgIpc) is 2.84. The minimum atomic E-state index is -0.191. The Labute approximate surface area is 110 Å². The predicted molar refractivity (Wildman–Crippen MR) is 70.4 cm³/mol. The molecule has 2 aromatic rings. The van der Waals surface area contributed by atoms with Gasteiger partial charge in [-0.3, -0.25) is 4.79 Å². The summed E-state index contributed by atoms with van der Waals surface area (Å²) in [7, 11) is 1.68. The molecule has 1 amide bonds. The number of amides is 1. The number of carbonyl (C=O) groups excluding carboxylic acids is 1. The number of benzene rings is 1. The van der Waals surface area contributed by atoms with Crippen LogP contribution in [0.5, 0.6) is 0 Å². The Morgan fingerprint density at radius 3 is 2.83 bits per heavy atom. The maximum atomic E-state index is 12.2. The maximum Gasteiger partial charge on any atom is 0.255 e. The summed E-state index contributed by atoms with van der Waals surface area (Å²) in [5.41, 5.74) is 6.46. The van der Waals surface area contributed by atoms with E-state index in [0.717, 1.165) is 0 Å². The van der Waals surface area contributed by atoms with Crippen molar-refractivity contribution in [2.75, 3.05) is 12.8 Å². The molecule has 1 heterocycles. The van der Waals surface area contributed by atoms with Crippen molar-refractivity contribution in [3.05, 3.63) is 52.9 Å². The molecule has 2 N–H and O–H groups in total. The molecule has 0 spiro atoms. The molecule has 0 radical (unpaired) electrons. The summed E-state index contributed by atoms with van der Waals surface area (Å²) in [5.74, 6) is 0.523. The van der Waals surface area contributed by atoms with Gasteiger partial charge in [0.1, 0.15) is 5.76 Å². The highest BCUT2D eigenvalue weighted by Crippen LogP contribution is 2.24. The number of hydrogen-bond acceptors (Lipinski definition) is 3. The molecule has 0 saturated carbocycles. The smallest absolute Gasteiger partial charge is 0.255 e. The number of nitrogens with two attached hydrogens (primary N) is 1. The second-order valence-corrected chi connectivity index (χ2v) is 4.33. The Balaban J connectivity index is 2.18. The summed E-state index contributed by atoms with van der Waals surface area (Å²) in [6.07, 6.45) is 1.57. The standard InChI is InChI=1S/C13H13ClN2O2/c1-16(8-9-4-3-7-18-9)13(17)10-5-2-6-11(15)12(10)14/h2-7H,8,15H2,1H3. The molecule has 0 aliphatic rings. The highest BCUT2D eigenvalue weighted by Gasteiger charge is 2.17. The minimum Gasteiger partial charge on any atom is -0.467 e. The normalized spacial score (nSPS) is 10.3. The van der Waals surface area contributed by atoms with Gasteiger partial charge >= 0.3 is 0 Å². The van der Waals surface area contributed by atoms with E-state index in [1.54, 1.807) is 37.6 Å². The van der Waals surface area contributed by atoms with Gasteiger partial charge in [-0.05, 0) is 24.3 Å². The number of carbonyl (C=O) groups is 1. The van der Waals surface area contributed by atoms with Crippen LogP contribution in [0.15, 0.2) is 41.0 Å². The topological polar surface area (TPSA) is 59.5 Å². The third-order valence-corrected chi connectivity index (χ3v) is 3.00. The number of nitrogen functional groups attached to an aromatic ring is 1. The molecule has 0 aliphatic carbocycles. The summed E-state index contributed by atoms with van der Waals surface area (Å²) < 4.78 is 5.19. The van der Waals surface area contributed by atoms with Gasteiger partial charge in [0.25, 0.3) is 5.91 Å². The third kappa shape index (κ3) is 2.49. The second kappa shape index (κ2) is 5.14. The number of rotatable bonds is 3. The van der Waals surface area contributed by atoms with Crippen molar-refractivity contribution in [3.63, 3.8) is 0 Å². The van der Waals surface area contributed by atoms with E-state index in [0.29, 0.717) is 23.6 Å². The Morgan fingerprint density at radius 2 is 2.17 bits per heavy atom. The molecule has 0 unspecified atom stereocenters. The molecule has 18 heavy (non-hydrogen) atoms. The largest absolute Gasteiger partial charge is 0.467 e. The van der Waals surface area contributed by atoms with Crippen molar-refractivity contribution in [1.29, 1.82) is 0 Å². The minimum absolute atomic E-state index is 0.191. The fourth-order valence-electron chi connectivity index (χ4n) is 1.63. The quantitative estimate of drug-likeness (QED) is 0.867. The van der Waals surface area contributed by atoms with Crippen LogP contribution in [0, 0.1) is 0 Å². The lowest BCUT2D eigenvalue weighted by molar-refractivity contribution is 0.0775. The van der Waals surface area contributed by atoms with E-state index in [1.165, 1.54) is 4.90 Å². The van der Waals surface area contributed by atoms with E-state index >= 15 is 0 Å². The molecular weight excluding hydrogens is 252 g/mol. The van der Waals surface area contributed by atoms with Crippen molar-refractivity contribution in [3.8, 4) is 0 Å². The van der Waals surface area contributed by atoms with Gasteiger partial charge in [-0.2, -0.15) is 0 Å². The van der Waals surface area contributed by atoms with Gasteiger partial charge in [0.2, 0.25) is 0 Å². The number of anilines is 1. The molecule has 0 atom stereocenters. The molecule has 0 bridgehead atoms. The van der Waals surface area contributed by atoms with Gasteiger partial charge in [0.15, 0.2) is 0 Å². The monoisotopic (exact) mass is 264 g/mol. The zero-order valence-electron chi connectivity index (χ0n) is 9.89. The molecule has 0 saturated heterocycles. The van der Waals surface area contributed by atoms with Crippen molar-refractivity contribution >= 4 is 23.2 Å². The van der Waals surface area contributed by atoms with Gasteiger partial charge in [0, 0.05) is 7.05 Å². The second-order valence-electron chi connectivity index (χ2n) is 3.95. The van der Waals surface area contributed by atoms with E-state index in [1.807, 2.05) is 6.07 Å². The van der Waals surface area contributed by atoms with Gasteiger partial charge in [-0.15, -0.1) is 0 Å². The van der Waals surface area contributed by atoms with Crippen LogP contribution >= 0.6 is 11.6 Å². The Hall–Kier alpha value is -1.94. The predicted octanol–water partition coefficient (Wildman–Crippen LogP) is 2.79. The first-order chi connectivity index (χ1) is 8.59. The van der Waals surface area contributed by atoms with Gasteiger partial charge in [-0.25, -0.2) is 0 Å². The number of furan rings is 1. The molecule has 5 heteroatoms. The zero-order valence-corrected chi connectivity index (χ0v) is 10.6. The highest BCUT2D eigenvalue weighted by molar-refractivity contribution is 6.36. The molecule has 4 nitrogen and oxygen atoms in total. The average molecular weight is 265 g/mol. The van der Waals surface area contributed by atoms with E-state index in [2.05, 4.69) is 0 Å². The Bertz CT molecular complexity index is 552. The first-order valence-electron chi connectivity index (χ1n) is 5.41. The summed E-state index contributed by atoms with van der Waals surface area (Å²) in [6, 6.07) is 8.60. The van der Waals surface area contributed by atoms with E-state index in [4.69, 9.17) is 21.8 Å². The summed E-state index contributed by atoms with van der Waals surface area (Å²) in [6.45, 7) is 0.386. The maximum absolute atomic E-state index is 12.2. The van der Waals surface area contributed by atoms with Crippen LogP contribution in [0.4, 0.5) is 5.69 Å². The van der Waals surface area contributed by atoms with Crippen LogP contribution in [0.25, 0.3) is 0 Å². The Morgan fingerprint density at radius 1 is 1.39 bits per heavy atom. The van der Waals surface area contributed by atoms with Gasteiger partial charge < -0.3 is 15.1 Å². The van der Waals surface area contributed by atoms with Crippen LogP contribution in [0.1, 0.15) is 16.1 Å². The zero-order chi connectivity index (χ0) is 13.1. The molecule has 2 rings (SSSR count). The summed E-state index contributed by atoms with van der Waals surface area (Å²) in [5, 5.41) is 0.286. The summed E-state index contributed by atoms with van der Waals surface area (Å²) in [4.78, 5) is 13.7. The fourth-order valence-corrected chi connectivity index (χ4v) is 1.84. The van der Waals surface area contributed by atoms with Crippen LogP contribution < -0.4 is 5.73 Å². The van der Waals surface area contributed by atoms with Crippen molar-refractivity contribution in [2.24, 2.45) is 0 Å². The molecule has 1 aromatic heterocycles. The van der Waals surface area contributed by atoms with Crippen molar-refractivity contribution in [1.82, 2.24) is 4.90 Å². The fraction of sp³-hybridized carbons (Fsp3) is 0.154. The summed E-state index contributed by atoms with van der Waals surface area (Å²) >= 11 is 6.02. The van der Waals surface area contributed by atoms with E-state index < -0.39 is 0 Å². The molecule has 0 aliphatic heterocycles. The van der Waals surface area contributed by atoms with Gasteiger partial charge in [0.05, 0.1) is 29.1 Å². The number of halogens is 1. The lowest BCUT2D eigenvalue weighted by Crippen LogP contribution is -2.26. The van der Waals surface area contributed by atoms with Crippen LogP contribution in [-0.2, 0) is 6.54 Å². The highest BCUT2D eigenvalue weighted by atomic mass is 35.5. The van der Waals surface area contributed by atoms with E-state index in [-0.39, 0.29) is 10.9 Å².